The van der Waals surface area contributed by atoms with E-state index >= 15 is 0 Å². The van der Waals surface area contributed by atoms with Crippen molar-refractivity contribution in [3.63, 3.8) is 0 Å². The molecule has 4 rings (SSSR count). The van der Waals surface area contributed by atoms with Crippen LogP contribution in [0.2, 0.25) is 0 Å². The zero-order valence-electron chi connectivity index (χ0n) is 20.9. The van der Waals surface area contributed by atoms with Gasteiger partial charge < -0.3 is 24.7 Å². The van der Waals surface area contributed by atoms with Gasteiger partial charge in [0.25, 0.3) is 0 Å². The van der Waals surface area contributed by atoms with Crippen molar-refractivity contribution in [2.45, 2.75) is 83.2 Å². The molecule has 0 amide bonds. The van der Waals surface area contributed by atoms with Crippen molar-refractivity contribution in [1.29, 1.82) is 0 Å². The van der Waals surface area contributed by atoms with E-state index in [0.717, 1.165) is 35.4 Å². The van der Waals surface area contributed by atoms with Crippen molar-refractivity contribution < 1.29 is 19.0 Å². The van der Waals surface area contributed by atoms with Crippen LogP contribution < -0.4 is 11.4 Å². The number of hydrogen-bond donors (Lipinski definition) is 2. The molecule has 3 N–H and O–H groups in total. The van der Waals surface area contributed by atoms with Crippen molar-refractivity contribution in [3.05, 3.63) is 49.7 Å². The smallest absolute Gasteiger partial charge is 0.343 e. The van der Waals surface area contributed by atoms with Crippen molar-refractivity contribution >= 4 is 11.3 Å². The van der Waals surface area contributed by atoms with Gasteiger partial charge in [0.1, 0.15) is 18.3 Å². The minimum absolute atomic E-state index is 0.0980. The Balaban J connectivity index is 0.00000158. The molecule has 0 saturated heterocycles. The van der Waals surface area contributed by atoms with Gasteiger partial charge in [-0.25, -0.2) is 4.79 Å². The van der Waals surface area contributed by atoms with Crippen LogP contribution in [0.15, 0.2) is 27.4 Å². The molecule has 2 saturated carbocycles. The van der Waals surface area contributed by atoms with Gasteiger partial charge in [-0.3, -0.25) is 0 Å². The third-order valence-electron chi connectivity index (χ3n) is 7.06. The first kappa shape index (κ1) is 26.9. The fraction of sp³-hybridized carbons (Fsp3) is 0.667. The fourth-order valence-corrected chi connectivity index (χ4v) is 6.36. The summed E-state index contributed by atoms with van der Waals surface area (Å²) < 4.78 is 16.3. The summed E-state index contributed by atoms with van der Waals surface area (Å²) in [6.07, 6.45) is 10.6. The van der Waals surface area contributed by atoms with Gasteiger partial charge >= 0.3 is 5.63 Å². The van der Waals surface area contributed by atoms with Gasteiger partial charge in [-0.1, -0.05) is 39.0 Å². The standard InChI is InChI=1S/C26H36O5S.CH5N/c1-3-18(13-17-7-5-4-6-8-17)22-14-21(27)25(26(28)31-22)24(19-9-10-19)23-12-11-20(32-23)15-30-16-29-2;1-2/h11-12,14,17-19,24,27H,3-10,13,15-16H2,1-2H3;2H2,1H3. The van der Waals surface area contributed by atoms with Crippen LogP contribution in [0.5, 0.6) is 5.75 Å². The Morgan fingerprint density at radius 2 is 1.91 bits per heavy atom. The molecule has 7 heteroatoms. The number of methoxy groups -OCH3 is 1. The first-order chi connectivity index (χ1) is 16.6. The SMILES string of the molecule is CCC(CC1CCCCC1)c1cc(O)c(C(c2ccc(COCOC)s2)C2CC2)c(=O)o1.CN. The van der Waals surface area contributed by atoms with Crippen molar-refractivity contribution in [2.75, 3.05) is 21.0 Å². The van der Waals surface area contributed by atoms with Crippen LogP contribution in [0, 0.1) is 11.8 Å². The highest BCUT2D eigenvalue weighted by molar-refractivity contribution is 7.12. The van der Waals surface area contributed by atoms with E-state index in [2.05, 4.69) is 18.7 Å². The molecule has 2 heterocycles. The molecule has 6 nitrogen and oxygen atoms in total. The zero-order valence-corrected chi connectivity index (χ0v) is 21.7. The third-order valence-corrected chi connectivity index (χ3v) is 8.20. The second-order valence-corrected chi connectivity index (χ2v) is 10.7. The minimum Gasteiger partial charge on any atom is -0.507 e. The summed E-state index contributed by atoms with van der Waals surface area (Å²) in [7, 11) is 3.10. The molecule has 2 atom stereocenters. The number of thiophene rings is 1. The van der Waals surface area contributed by atoms with Gasteiger partial charge in [0.2, 0.25) is 0 Å². The molecule has 0 aromatic carbocycles. The highest BCUT2D eigenvalue weighted by Crippen LogP contribution is 2.49. The van der Waals surface area contributed by atoms with E-state index in [1.54, 1.807) is 24.5 Å². The van der Waals surface area contributed by atoms with Gasteiger partial charge in [-0.2, -0.15) is 0 Å². The highest BCUT2D eigenvalue weighted by atomic mass is 32.1. The highest BCUT2D eigenvalue weighted by Gasteiger charge is 2.38. The van der Waals surface area contributed by atoms with E-state index in [1.165, 1.54) is 39.2 Å². The second kappa shape index (κ2) is 13.4. The molecule has 2 fully saturated rings. The lowest BCUT2D eigenvalue weighted by Gasteiger charge is -2.25. The first-order valence-corrected chi connectivity index (χ1v) is 13.5. The molecule has 2 unspecified atom stereocenters. The van der Waals surface area contributed by atoms with Gasteiger partial charge in [-0.15, -0.1) is 11.3 Å². The fourth-order valence-electron chi connectivity index (χ4n) is 5.21. The molecule has 2 aliphatic rings. The zero-order chi connectivity index (χ0) is 24.5. The maximum atomic E-state index is 13.2. The largest absolute Gasteiger partial charge is 0.507 e. The maximum Gasteiger partial charge on any atom is 0.343 e. The van der Waals surface area contributed by atoms with E-state index in [0.29, 0.717) is 29.8 Å². The van der Waals surface area contributed by atoms with Gasteiger partial charge in [0.15, 0.2) is 0 Å². The second-order valence-electron chi connectivity index (χ2n) is 9.45. The normalized spacial score (nSPS) is 18.2. The molecule has 2 aromatic heterocycles. The van der Waals surface area contributed by atoms with Crippen LogP contribution in [-0.4, -0.2) is 26.1 Å². The first-order valence-electron chi connectivity index (χ1n) is 12.7. The van der Waals surface area contributed by atoms with Crippen LogP contribution >= 0.6 is 11.3 Å². The maximum absolute atomic E-state index is 13.2. The summed E-state index contributed by atoms with van der Waals surface area (Å²) in [5, 5.41) is 11.0. The number of hydrogen-bond acceptors (Lipinski definition) is 7. The number of nitrogens with two attached hydrogens (primary N) is 1. The third kappa shape index (κ3) is 6.94. The molecule has 0 bridgehead atoms. The Labute approximate surface area is 207 Å². The lowest BCUT2D eigenvalue weighted by atomic mass is 9.81. The van der Waals surface area contributed by atoms with Gasteiger partial charge in [-0.05, 0) is 56.7 Å². The molecule has 0 aliphatic heterocycles. The van der Waals surface area contributed by atoms with Gasteiger partial charge in [0.05, 0.1) is 12.2 Å². The number of ether oxygens (including phenoxy) is 2. The summed E-state index contributed by atoms with van der Waals surface area (Å²) in [5.41, 5.74) is 4.56. The molecule has 2 aliphatic carbocycles. The molecule has 0 spiro atoms. The van der Waals surface area contributed by atoms with Gasteiger partial charge in [0, 0.05) is 34.8 Å². The van der Waals surface area contributed by atoms with Crippen LogP contribution in [-0.2, 0) is 16.1 Å². The summed E-state index contributed by atoms with van der Waals surface area (Å²) in [5.74, 6) is 1.91. The Bertz CT molecular complexity index is 929. The molecule has 190 valence electrons. The molecule has 0 radical (unpaired) electrons. The predicted octanol–water partition coefficient (Wildman–Crippen LogP) is 6.11. The van der Waals surface area contributed by atoms with E-state index in [9.17, 15) is 9.90 Å². The Kier molecular flexibility index (Phi) is 10.6. The summed E-state index contributed by atoms with van der Waals surface area (Å²) in [6.45, 7) is 2.88. The topological polar surface area (TPSA) is 94.9 Å². The van der Waals surface area contributed by atoms with Crippen LogP contribution in [0.1, 0.15) is 97.6 Å². The predicted molar refractivity (Wildman–Crippen MR) is 137 cm³/mol. The van der Waals surface area contributed by atoms with Crippen molar-refractivity contribution in [2.24, 2.45) is 17.6 Å². The Morgan fingerprint density at radius 1 is 1.18 bits per heavy atom. The Morgan fingerprint density at radius 3 is 2.53 bits per heavy atom. The number of aromatic hydroxyl groups is 1. The average Bonchev–Trinajstić information content (AvgIpc) is 3.59. The molecular weight excluding hydrogens is 450 g/mol. The summed E-state index contributed by atoms with van der Waals surface area (Å²) >= 11 is 1.64. The molecule has 34 heavy (non-hydrogen) atoms. The van der Waals surface area contributed by atoms with Crippen molar-refractivity contribution in [3.8, 4) is 5.75 Å². The molecule has 2 aromatic rings. The number of rotatable bonds is 11. The Hall–Kier alpha value is -1.67. The van der Waals surface area contributed by atoms with E-state index in [-0.39, 0.29) is 30.0 Å². The lowest BCUT2D eigenvalue weighted by Crippen LogP contribution is -2.18. The molecular formula is C27H41NO5S. The van der Waals surface area contributed by atoms with Crippen LogP contribution in [0.25, 0.3) is 0 Å². The summed E-state index contributed by atoms with van der Waals surface area (Å²) in [6, 6.07) is 5.83. The minimum atomic E-state index is -0.371. The van der Waals surface area contributed by atoms with Crippen LogP contribution in [0.4, 0.5) is 0 Å². The quantitative estimate of drug-likeness (QED) is 0.291. The van der Waals surface area contributed by atoms with E-state index in [1.807, 2.05) is 6.07 Å². The van der Waals surface area contributed by atoms with E-state index < -0.39 is 0 Å². The monoisotopic (exact) mass is 491 g/mol. The van der Waals surface area contributed by atoms with E-state index in [4.69, 9.17) is 13.9 Å². The summed E-state index contributed by atoms with van der Waals surface area (Å²) in [4.78, 5) is 15.4. The van der Waals surface area contributed by atoms with Crippen LogP contribution in [0.3, 0.4) is 0 Å². The lowest BCUT2D eigenvalue weighted by molar-refractivity contribution is -0.0381. The average molecular weight is 492 g/mol. The van der Waals surface area contributed by atoms with Crippen molar-refractivity contribution in [1.82, 2.24) is 0 Å².